The van der Waals surface area contributed by atoms with Crippen molar-refractivity contribution in [3.8, 4) is 0 Å². The molecule has 0 bridgehead atoms. The standard InChI is InChI=1S/C14H23N3O4/c1-3-7-15-14(20)16-12(18)10-17-8-5-4-6-11(17)9-13(19)21-2/h3,11H,1,4-10H2,2H3,(H2,15,16,18,20)/t11-/m0/s1. The van der Waals surface area contributed by atoms with Crippen LogP contribution in [-0.4, -0.2) is 55.6 Å². The summed E-state index contributed by atoms with van der Waals surface area (Å²) in [6.07, 6.45) is 4.66. The molecule has 7 heteroatoms. The van der Waals surface area contributed by atoms with Gasteiger partial charge in [-0.15, -0.1) is 6.58 Å². The van der Waals surface area contributed by atoms with Gasteiger partial charge in [-0.25, -0.2) is 4.79 Å². The highest BCUT2D eigenvalue weighted by Crippen LogP contribution is 2.19. The molecule has 0 saturated carbocycles. The summed E-state index contributed by atoms with van der Waals surface area (Å²) in [6, 6.07) is -0.547. The Bertz CT molecular complexity index is 398. The molecule has 7 nitrogen and oxygen atoms in total. The highest BCUT2D eigenvalue weighted by Gasteiger charge is 2.26. The zero-order chi connectivity index (χ0) is 15.7. The number of hydrogen-bond donors (Lipinski definition) is 2. The molecule has 1 saturated heterocycles. The lowest BCUT2D eigenvalue weighted by Crippen LogP contribution is -2.49. The summed E-state index contributed by atoms with van der Waals surface area (Å²) < 4.78 is 4.68. The van der Waals surface area contributed by atoms with Gasteiger partial charge in [0.05, 0.1) is 20.1 Å². The fraction of sp³-hybridized carbons (Fsp3) is 0.643. The number of piperidine rings is 1. The van der Waals surface area contributed by atoms with Crippen molar-refractivity contribution in [3.05, 3.63) is 12.7 Å². The molecule has 1 rings (SSSR count). The van der Waals surface area contributed by atoms with Gasteiger partial charge in [-0.3, -0.25) is 19.8 Å². The van der Waals surface area contributed by atoms with Gasteiger partial charge in [0.1, 0.15) is 0 Å². The van der Waals surface area contributed by atoms with Crippen LogP contribution in [0, 0.1) is 0 Å². The summed E-state index contributed by atoms with van der Waals surface area (Å²) in [5, 5.41) is 4.73. The zero-order valence-electron chi connectivity index (χ0n) is 12.4. The van der Waals surface area contributed by atoms with Gasteiger partial charge in [-0.1, -0.05) is 12.5 Å². The second kappa shape index (κ2) is 9.12. The van der Waals surface area contributed by atoms with Gasteiger partial charge >= 0.3 is 12.0 Å². The van der Waals surface area contributed by atoms with E-state index in [4.69, 9.17) is 0 Å². The molecule has 118 valence electrons. The molecule has 0 spiro atoms. The Hall–Kier alpha value is -1.89. The Balaban J connectivity index is 2.45. The van der Waals surface area contributed by atoms with Crippen molar-refractivity contribution >= 4 is 17.9 Å². The number of carbonyl (C=O) groups is 3. The van der Waals surface area contributed by atoms with Crippen molar-refractivity contribution in [2.75, 3.05) is 26.7 Å². The molecule has 0 aromatic heterocycles. The lowest BCUT2D eigenvalue weighted by molar-refractivity contribution is -0.143. The Labute approximate surface area is 124 Å². The van der Waals surface area contributed by atoms with Crippen molar-refractivity contribution in [2.24, 2.45) is 0 Å². The highest BCUT2D eigenvalue weighted by molar-refractivity contribution is 5.95. The molecule has 0 aromatic carbocycles. The Morgan fingerprint density at radius 2 is 2.14 bits per heavy atom. The maximum Gasteiger partial charge on any atom is 0.321 e. The molecule has 0 radical (unpaired) electrons. The van der Waals surface area contributed by atoms with E-state index >= 15 is 0 Å². The number of hydrogen-bond acceptors (Lipinski definition) is 5. The van der Waals surface area contributed by atoms with Crippen LogP contribution in [0.25, 0.3) is 0 Å². The van der Waals surface area contributed by atoms with E-state index in [2.05, 4.69) is 21.9 Å². The van der Waals surface area contributed by atoms with E-state index in [9.17, 15) is 14.4 Å². The minimum Gasteiger partial charge on any atom is -0.469 e. The van der Waals surface area contributed by atoms with Crippen LogP contribution in [0.3, 0.4) is 0 Å². The maximum absolute atomic E-state index is 11.8. The van der Waals surface area contributed by atoms with E-state index in [0.717, 1.165) is 25.8 Å². The van der Waals surface area contributed by atoms with Gasteiger partial charge in [0.25, 0.3) is 0 Å². The van der Waals surface area contributed by atoms with Crippen LogP contribution in [0.15, 0.2) is 12.7 Å². The third kappa shape index (κ3) is 6.40. The Morgan fingerprint density at radius 3 is 2.81 bits per heavy atom. The fourth-order valence-corrected chi connectivity index (χ4v) is 2.33. The number of rotatable bonds is 6. The van der Waals surface area contributed by atoms with Crippen LogP contribution < -0.4 is 10.6 Å². The molecule has 1 heterocycles. The number of imide groups is 1. The van der Waals surface area contributed by atoms with E-state index < -0.39 is 6.03 Å². The molecule has 1 fully saturated rings. The number of ether oxygens (including phenoxy) is 1. The van der Waals surface area contributed by atoms with Crippen molar-refractivity contribution in [2.45, 2.75) is 31.7 Å². The molecular formula is C14H23N3O4. The van der Waals surface area contributed by atoms with Crippen LogP contribution in [0.2, 0.25) is 0 Å². The smallest absolute Gasteiger partial charge is 0.321 e. The van der Waals surface area contributed by atoms with Crippen LogP contribution >= 0.6 is 0 Å². The monoisotopic (exact) mass is 297 g/mol. The van der Waals surface area contributed by atoms with E-state index in [-0.39, 0.29) is 30.9 Å². The number of methoxy groups -OCH3 is 1. The van der Waals surface area contributed by atoms with Crippen LogP contribution in [0.5, 0.6) is 0 Å². The summed E-state index contributed by atoms with van der Waals surface area (Å²) >= 11 is 0. The first-order valence-electron chi connectivity index (χ1n) is 7.06. The van der Waals surface area contributed by atoms with Crippen LogP contribution in [0.4, 0.5) is 4.79 Å². The third-order valence-electron chi connectivity index (χ3n) is 3.39. The number of nitrogens with zero attached hydrogens (tertiary/aromatic N) is 1. The fourth-order valence-electron chi connectivity index (χ4n) is 2.33. The molecule has 1 aliphatic heterocycles. The number of carbonyl (C=O) groups excluding carboxylic acids is 3. The molecule has 1 atom stereocenters. The predicted octanol–water partition coefficient (Wildman–Crippen LogP) is 0.416. The molecule has 2 N–H and O–H groups in total. The second-order valence-corrected chi connectivity index (χ2v) is 4.95. The van der Waals surface area contributed by atoms with Gasteiger partial charge in [-0.05, 0) is 19.4 Å². The zero-order valence-corrected chi connectivity index (χ0v) is 12.4. The topological polar surface area (TPSA) is 87.7 Å². The average molecular weight is 297 g/mol. The van der Waals surface area contributed by atoms with Crippen molar-refractivity contribution in [1.82, 2.24) is 15.5 Å². The Morgan fingerprint density at radius 1 is 1.38 bits per heavy atom. The quantitative estimate of drug-likeness (QED) is 0.548. The SMILES string of the molecule is C=CCNC(=O)NC(=O)CN1CCCC[C@H]1CC(=O)OC. The van der Waals surface area contributed by atoms with Crippen LogP contribution in [0.1, 0.15) is 25.7 Å². The highest BCUT2D eigenvalue weighted by atomic mass is 16.5. The van der Waals surface area contributed by atoms with Gasteiger partial charge in [0, 0.05) is 12.6 Å². The van der Waals surface area contributed by atoms with Gasteiger partial charge in [0.2, 0.25) is 5.91 Å². The minimum absolute atomic E-state index is 0.00631. The second-order valence-electron chi connectivity index (χ2n) is 4.95. The van der Waals surface area contributed by atoms with Crippen molar-refractivity contribution in [1.29, 1.82) is 0 Å². The minimum atomic E-state index is -0.540. The van der Waals surface area contributed by atoms with E-state index in [1.54, 1.807) is 0 Å². The van der Waals surface area contributed by atoms with Crippen molar-refractivity contribution < 1.29 is 19.1 Å². The van der Waals surface area contributed by atoms with Crippen LogP contribution in [-0.2, 0) is 14.3 Å². The normalized spacial score (nSPS) is 18.6. The molecule has 0 aromatic rings. The maximum atomic E-state index is 11.8. The summed E-state index contributed by atoms with van der Waals surface area (Å²) in [4.78, 5) is 36.5. The van der Waals surface area contributed by atoms with Gasteiger partial charge < -0.3 is 10.1 Å². The van der Waals surface area contributed by atoms with E-state index in [1.165, 1.54) is 13.2 Å². The predicted molar refractivity (Wildman–Crippen MR) is 77.6 cm³/mol. The average Bonchev–Trinajstić information content (AvgIpc) is 2.46. The Kier molecular flexibility index (Phi) is 7.45. The lowest BCUT2D eigenvalue weighted by Gasteiger charge is -2.34. The first-order valence-corrected chi connectivity index (χ1v) is 7.06. The van der Waals surface area contributed by atoms with Gasteiger partial charge in [-0.2, -0.15) is 0 Å². The molecule has 1 aliphatic rings. The van der Waals surface area contributed by atoms with E-state index in [0.29, 0.717) is 6.54 Å². The number of amides is 3. The summed E-state index contributed by atoms with van der Waals surface area (Å²) in [5.41, 5.74) is 0. The number of urea groups is 1. The summed E-state index contributed by atoms with van der Waals surface area (Å²) in [7, 11) is 1.35. The molecular weight excluding hydrogens is 274 g/mol. The summed E-state index contributed by atoms with van der Waals surface area (Å²) in [6.45, 7) is 4.61. The molecule has 0 aliphatic carbocycles. The summed E-state index contributed by atoms with van der Waals surface area (Å²) in [5.74, 6) is -0.663. The first kappa shape index (κ1) is 17.2. The lowest BCUT2D eigenvalue weighted by atomic mass is 9.99. The largest absolute Gasteiger partial charge is 0.469 e. The molecule has 21 heavy (non-hydrogen) atoms. The van der Waals surface area contributed by atoms with Crippen molar-refractivity contribution in [3.63, 3.8) is 0 Å². The van der Waals surface area contributed by atoms with Gasteiger partial charge in [0.15, 0.2) is 0 Å². The van der Waals surface area contributed by atoms with E-state index in [1.807, 2.05) is 4.90 Å². The third-order valence-corrected chi connectivity index (χ3v) is 3.39. The first-order chi connectivity index (χ1) is 10.1. The number of likely N-dealkylation sites (tertiary alicyclic amines) is 1. The molecule has 3 amide bonds. The molecule has 0 unspecified atom stereocenters. The number of nitrogens with one attached hydrogen (secondary N) is 2. The number of esters is 1.